The minimum Gasteiger partial charge on any atom is -0.469 e. The maximum absolute atomic E-state index is 5.45. The highest BCUT2D eigenvalue weighted by molar-refractivity contribution is 5.80. The smallest absolute Gasteiger partial charge is 0.194 e. The molecule has 26 heavy (non-hydrogen) atoms. The third-order valence-corrected chi connectivity index (χ3v) is 5.00. The van der Waals surface area contributed by atoms with Crippen molar-refractivity contribution >= 4 is 5.96 Å². The summed E-state index contributed by atoms with van der Waals surface area (Å²) in [5.74, 6) is 2.70. The first-order chi connectivity index (χ1) is 12.8. The molecular formula is C19H32N4O3. The highest BCUT2D eigenvalue weighted by Gasteiger charge is 2.27. The average molecular weight is 364 g/mol. The number of likely N-dealkylation sites (tertiary alicyclic amines) is 1. The molecule has 2 fully saturated rings. The van der Waals surface area contributed by atoms with Crippen molar-refractivity contribution in [3.05, 3.63) is 24.2 Å². The van der Waals surface area contributed by atoms with Crippen LogP contribution in [0, 0.1) is 5.92 Å². The second kappa shape index (κ2) is 10.5. The summed E-state index contributed by atoms with van der Waals surface area (Å²) in [6.45, 7) is 9.31. The standard InChI is InChI=1S/C19H32N4O3/c1-24-12-7-21-19(20-6-4-18-3-2-11-26-18)23-8-5-17(16-23)15-22-9-13-25-14-10-22/h2-3,11,17H,4-10,12-16H2,1H3,(H,20,21). The Hall–Kier alpha value is -1.57. The number of hydrogen-bond donors (Lipinski definition) is 1. The van der Waals surface area contributed by atoms with Crippen LogP contribution in [0.1, 0.15) is 12.2 Å². The summed E-state index contributed by atoms with van der Waals surface area (Å²) in [5, 5.41) is 3.51. The van der Waals surface area contributed by atoms with Crippen LogP contribution in [0.25, 0.3) is 0 Å². The molecule has 1 atom stereocenters. The van der Waals surface area contributed by atoms with Gasteiger partial charge in [0.2, 0.25) is 0 Å². The van der Waals surface area contributed by atoms with Crippen LogP contribution in [0.3, 0.4) is 0 Å². The van der Waals surface area contributed by atoms with E-state index in [0.29, 0.717) is 19.1 Å². The third-order valence-electron chi connectivity index (χ3n) is 5.00. The van der Waals surface area contributed by atoms with E-state index in [-0.39, 0.29) is 0 Å². The molecule has 0 saturated carbocycles. The molecule has 0 aliphatic carbocycles. The summed E-state index contributed by atoms with van der Waals surface area (Å²) in [6.07, 6.45) is 3.81. The Morgan fingerprint density at radius 1 is 1.35 bits per heavy atom. The van der Waals surface area contributed by atoms with E-state index in [2.05, 4.69) is 15.1 Å². The van der Waals surface area contributed by atoms with Crippen molar-refractivity contribution in [2.45, 2.75) is 12.8 Å². The largest absolute Gasteiger partial charge is 0.469 e. The molecule has 0 spiro atoms. The Bertz CT molecular complexity index is 529. The quantitative estimate of drug-likeness (QED) is 0.423. The fourth-order valence-corrected chi connectivity index (χ4v) is 3.59. The zero-order valence-corrected chi connectivity index (χ0v) is 15.9. The number of hydrogen-bond acceptors (Lipinski definition) is 5. The fourth-order valence-electron chi connectivity index (χ4n) is 3.59. The van der Waals surface area contributed by atoms with E-state index in [0.717, 1.165) is 70.6 Å². The zero-order chi connectivity index (χ0) is 18.0. The number of aliphatic imine (C=N–C) groups is 1. The second-order valence-corrected chi connectivity index (χ2v) is 6.97. The summed E-state index contributed by atoms with van der Waals surface area (Å²) in [6, 6.07) is 3.94. The van der Waals surface area contributed by atoms with Gasteiger partial charge in [-0.2, -0.15) is 0 Å². The van der Waals surface area contributed by atoms with E-state index in [1.54, 1.807) is 13.4 Å². The van der Waals surface area contributed by atoms with Crippen LogP contribution >= 0.6 is 0 Å². The predicted molar refractivity (Wildman–Crippen MR) is 102 cm³/mol. The van der Waals surface area contributed by atoms with Crippen LogP contribution < -0.4 is 5.32 Å². The monoisotopic (exact) mass is 364 g/mol. The number of rotatable bonds is 8. The first-order valence-corrected chi connectivity index (χ1v) is 9.70. The molecule has 1 aromatic heterocycles. The average Bonchev–Trinajstić information content (AvgIpc) is 3.34. The summed E-state index contributed by atoms with van der Waals surface area (Å²) >= 11 is 0. The molecule has 0 amide bonds. The number of nitrogens with zero attached hydrogens (tertiary/aromatic N) is 3. The van der Waals surface area contributed by atoms with Crippen molar-refractivity contribution in [1.29, 1.82) is 0 Å². The molecule has 1 unspecified atom stereocenters. The van der Waals surface area contributed by atoms with E-state index in [4.69, 9.17) is 18.9 Å². The maximum atomic E-state index is 5.45. The van der Waals surface area contributed by atoms with Crippen LogP contribution in [-0.4, -0.2) is 88.5 Å². The van der Waals surface area contributed by atoms with Gasteiger partial charge in [0, 0.05) is 52.8 Å². The van der Waals surface area contributed by atoms with E-state index in [9.17, 15) is 0 Å². The lowest BCUT2D eigenvalue weighted by molar-refractivity contribution is 0.0315. The van der Waals surface area contributed by atoms with Crippen molar-refractivity contribution in [2.75, 3.05) is 72.7 Å². The SMILES string of the molecule is COCCN=C(NCCc1ccco1)N1CCC(CN2CCOCC2)C1. The molecule has 1 aromatic rings. The molecule has 7 nitrogen and oxygen atoms in total. The van der Waals surface area contributed by atoms with Crippen molar-refractivity contribution in [3.63, 3.8) is 0 Å². The summed E-state index contributed by atoms with van der Waals surface area (Å²) in [4.78, 5) is 9.66. The van der Waals surface area contributed by atoms with Crippen molar-refractivity contribution < 1.29 is 13.9 Å². The lowest BCUT2D eigenvalue weighted by Crippen LogP contribution is -2.43. The van der Waals surface area contributed by atoms with Crippen molar-refractivity contribution in [1.82, 2.24) is 15.1 Å². The minimum absolute atomic E-state index is 0.647. The molecule has 146 valence electrons. The molecule has 0 radical (unpaired) electrons. The normalized spacial score (nSPS) is 22.1. The number of morpholine rings is 1. The second-order valence-electron chi connectivity index (χ2n) is 6.97. The van der Waals surface area contributed by atoms with Gasteiger partial charge in [-0.05, 0) is 24.5 Å². The van der Waals surface area contributed by atoms with E-state index < -0.39 is 0 Å². The van der Waals surface area contributed by atoms with E-state index >= 15 is 0 Å². The van der Waals surface area contributed by atoms with Crippen molar-refractivity contribution in [2.24, 2.45) is 10.9 Å². The van der Waals surface area contributed by atoms with Crippen LogP contribution in [0.2, 0.25) is 0 Å². The highest BCUT2D eigenvalue weighted by Crippen LogP contribution is 2.18. The first kappa shape index (κ1) is 19.2. The zero-order valence-electron chi connectivity index (χ0n) is 15.9. The van der Waals surface area contributed by atoms with E-state index in [1.165, 1.54) is 6.42 Å². The number of nitrogens with one attached hydrogen (secondary N) is 1. The molecule has 0 aromatic carbocycles. The molecule has 2 saturated heterocycles. The molecule has 1 N–H and O–H groups in total. The van der Waals surface area contributed by atoms with Crippen LogP contribution in [-0.2, 0) is 15.9 Å². The number of ether oxygens (including phenoxy) is 2. The maximum Gasteiger partial charge on any atom is 0.194 e. The Kier molecular flexibility index (Phi) is 7.79. The van der Waals surface area contributed by atoms with Gasteiger partial charge in [-0.25, -0.2) is 0 Å². The minimum atomic E-state index is 0.647. The van der Waals surface area contributed by atoms with E-state index in [1.807, 2.05) is 12.1 Å². The van der Waals surface area contributed by atoms with Crippen LogP contribution in [0.15, 0.2) is 27.8 Å². The third kappa shape index (κ3) is 6.00. The van der Waals surface area contributed by atoms with Crippen molar-refractivity contribution in [3.8, 4) is 0 Å². The molecule has 3 rings (SSSR count). The van der Waals surface area contributed by atoms with Gasteiger partial charge in [-0.15, -0.1) is 0 Å². The van der Waals surface area contributed by atoms with Crippen LogP contribution in [0.5, 0.6) is 0 Å². The Morgan fingerprint density at radius 2 is 2.23 bits per heavy atom. The van der Waals surface area contributed by atoms with Gasteiger partial charge < -0.3 is 24.1 Å². The van der Waals surface area contributed by atoms with Crippen LogP contribution in [0.4, 0.5) is 0 Å². The number of guanidine groups is 1. The van der Waals surface area contributed by atoms with Gasteiger partial charge in [0.1, 0.15) is 5.76 Å². The van der Waals surface area contributed by atoms with Gasteiger partial charge in [0.05, 0.1) is 32.6 Å². The Labute approximate surface area is 156 Å². The summed E-state index contributed by atoms with van der Waals surface area (Å²) in [5.41, 5.74) is 0. The Morgan fingerprint density at radius 3 is 3.00 bits per heavy atom. The lowest BCUT2D eigenvalue weighted by atomic mass is 10.1. The van der Waals surface area contributed by atoms with Gasteiger partial charge in [-0.1, -0.05) is 0 Å². The fraction of sp³-hybridized carbons (Fsp3) is 0.737. The van der Waals surface area contributed by atoms with Gasteiger partial charge in [-0.3, -0.25) is 9.89 Å². The molecule has 2 aliphatic rings. The molecular weight excluding hydrogens is 332 g/mol. The highest BCUT2D eigenvalue weighted by atomic mass is 16.5. The number of methoxy groups -OCH3 is 1. The summed E-state index contributed by atoms with van der Waals surface area (Å²) in [7, 11) is 1.72. The lowest BCUT2D eigenvalue weighted by Gasteiger charge is -2.29. The van der Waals surface area contributed by atoms with Gasteiger partial charge in [0.15, 0.2) is 5.96 Å². The molecule has 3 heterocycles. The van der Waals surface area contributed by atoms with Gasteiger partial charge >= 0.3 is 0 Å². The summed E-state index contributed by atoms with van der Waals surface area (Å²) < 4.78 is 16.0. The predicted octanol–water partition coefficient (Wildman–Crippen LogP) is 1.07. The first-order valence-electron chi connectivity index (χ1n) is 9.70. The molecule has 0 bridgehead atoms. The topological polar surface area (TPSA) is 62.5 Å². The molecule has 2 aliphatic heterocycles. The van der Waals surface area contributed by atoms with Gasteiger partial charge in [0.25, 0.3) is 0 Å². The Balaban J connectivity index is 1.48. The number of furan rings is 1. The molecule has 7 heteroatoms.